The fourth-order valence-electron chi connectivity index (χ4n) is 5.52. The van der Waals surface area contributed by atoms with E-state index in [1.807, 2.05) is 20.8 Å². The molecule has 0 radical (unpaired) electrons. The molecule has 1 aliphatic carbocycles. The van der Waals surface area contributed by atoms with E-state index in [4.69, 9.17) is 4.74 Å². The number of carbonyl (C=O) groups is 2. The van der Waals surface area contributed by atoms with Gasteiger partial charge in [-0.25, -0.2) is 4.79 Å². The quantitative estimate of drug-likeness (QED) is 0.779. The Morgan fingerprint density at radius 2 is 1.54 bits per heavy atom. The third kappa shape index (κ3) is 4.04. The Labute approximate surface area is 145 Å². The van der Waals surface area contributed by atoms with Crippen molar-refractivity contribution in [3.8, 4) is 0 Å². The summed E-state index contributed by atoms with van der Waals surface area (Å²) in [6.07, 6.45) is 2.34. The molecule has 0 aromatic carbocycles. The molecule has 1 N–H and O–H groups in total. The van der Waals surface area contributed by atoms with Gasteiger partial charge in [-0.3, -0.25) is 4.79 Å². The summed E-state index contributed by atoms with van der Waals surface area (Å²) in [6.45, 7) is 15.1. The molecule has 2 aliphatic rings. The maximum absolute atomic E-state index is 12.5. The number of carbonyl (C=O) groups excluding carboxylic acids is 1. The number of carboxylic acid groups (broad SMARTS) is 1. The Morgan fingerprint density at radius 3 is 1.96 bits per heavy atom. The SMILES string of the molecule is CC1(C)CC(C)(C)CC2(CN(C(=O)OC(C)(C)C)CC2C(=O)O)C1. The lowest BCUT2D eigenvalue weighted by atomic mass is 9.52. The largest absolute Gasteiger partial charge is 0.481 e. The summed E-state index contributed by atoms with van der Waals surface area (Å²) in [5.74, 6) is -1.32. The van der Waals surface area contributed by atoms with Gasteiger partial charge in [0.15, 0.2) is 0 Å². The molecular formula is C19H33NO4. The number of nitrogens with zero attached hydrogens (tertiary/aromatic N) is 1. The highest BCUT2D eigenvalue weighted by Gasteiger charge is 2.58. The minimum Gasteiger partial charge on any atom is -0.481 e. The van der Waals surface area contributed by atoms with Crippen LogP contribution in [0.4, 0.5) is 4.79 Å². The Hall–Kier alpha value is -1.26. The molecule has 138 valence electrons. The highest BCUT2D eigenvalue weighted by molar-refractivity contribution is 5.75. The minimum absolute atomic E-state index is 0.0688. The molecule has 5 nitrogen and oxygen atoms in total. The summed E-state index contributed by atoms with van der Waals surface area (Å²) in [7, 11) is 0. The zero-order chi connectivity index (χ0) is 18.6. The number of hydrogen-bond acceptors (Lipinski definition) is 3. The Balaban J connectivity index is 2.31. The number of amides is 1. The molecule has 1 amide bonds. The highest BCUT2D eigenvalue weighted by Crippen LogP contribution is 2.59. The number of ether oxygens (including phenoxy) is 1. The van der Waals surface area contributed by atoms with Crippen LogP contribution in [0.1, 0.15) is 67.7 Å². The van der Waals surface area contributed by atoms with Gasteiger partial charge in [0.25, 0.3) is 0 Å². The van der Waals surface area contributed by atoms with Crippen molar-refractivity contribution in [3.05, 3.63) is 0 Å². The first kappa shape index (κ1) is 19.1. The smallest absolute Gasteiger partial charge is 0.410 e. The van der Waals surface area contributed by atoms with E-state index in [2.05, 4.69) is 27.7 Å². The van der Waals surface area contributed by atoms with Crippen LogP contribution in [0.5, 0.6) is 0 Å². The molecule has 1 saturated carbocycles. The second-order valence-electron chi connectivity index (χ2n) is 10.5. The van der Waals surface area contributed by atoms with Crippen LogP contribution >= 0.6 is 0 Å². The molecular weight excluding hydrogens is 306 g/mol. The van der Waals surface area contributed by atoms with Gasteiger partial charge in [0, 0.05) is 18.5 Å². The van der Waals surface area contributed by atoms with E-state index in [0.717, 1.165) is 19.3 Å². The highest BCUT2D eigenvalue weighted by atomic mass is 16.6. The molecule has 24 heavy (non-hydrogen) atoms. The number of hydrogen-bond donors (Lipinski definition) is 1. The number of likely N-dealkylation sites (tertiary alicyclic amines) is 1. The van der Waals surface area contributed by atoms with E-state index >= 15 is 0 Å². The first-order chi connectivity index (χ1) is 10.6. The van der Waals surface area contributed by atoms with Gasteiger partial charge in [-0.2, -0.15) is 0 Å². The predicted octanol–water partition coefficient (Wildman–Crippen LogP) is 4.16. The fourth-order valence-corrected chi connectivity index (χ4v) is 5.52. The molecule has 1 atom stereocenters. The maximum Gasteiger partial charge on any atom is 0.410 e. The topological polar surface area (TPSA) is 66.8 Å². The zero-order valence-corrected chi connectivity index (χ0v) is 16.2. The first-order valence-corrected chi connectivity index (χ1v) is 8.86. The Kier molecular flexibility index (Phi) is 4.48. The van der Waals surface area contributed by atoms with Crippen molar-refractivity contribution in [1.82, 2.24) is 4.90 Å². The van der Waals surface area contributed by atoms with Crippen LogP contribution in [-0.4, -0.2) is 40.8 Å². The molecule has 0 aromatic heterocycles. The summed E-state index contributed by atoms with van der Waals surface area (Å²) in [6, 6.07) is 0. The number of aliphatic carboxylic acids is 1. The second-order valence-corrected chi connectivity index (χ2v) is 10.5. The van der Waals surface area contributed by atoms with Crippen LogP contribution in [0.15, 0.2) is 0 Å². The van der Waals surface area contributed by atoms with Gasteiger partial charge in [-0.05, 0) is 50.9 Å². The molecule has 1 unspecified atom stereocenters. The monoisotopic (exact) mass is 339 g/mol. The Bertz CT molecular complexity index is 514. The average Bonchev–Trinajstić information content (AvgIpc) is 2.60. The fraction of sp³-hybridized carbons (Fsp3) is 0.895. The Morgan fingerprint density at radius 1 is 1.04 bits per heavy atom. The van der Waals surface area contributed by atoms with Gasteiger partial charge in [0.1, 0.15) is 5.60 Å². The van der Waals surface area contributed by atoms with Crippen molar-refractivity contribution in [1.29, 1.82) is 0 Å². The molecule has 1 spiro atoms. The van der Waals surface area contributed by atoms with Gasteiger partial charge in [0.05, 0.1) is 5.92 Å². The van der Waals surface area contributed by atoms with Gasteiger partial charge in [-0.1, -0.05) is 27.7 Å². The van der Waals surface area contributed by atoms with Crippen LogP contribution in [0.3, 0.4) is 0 Å². The van der Waals surface area contributed by atoms with Crippen molar-refractivity contribution in [2.75, 3.05) is 13.1 Å². The molecule has 1 aliphatic heterocycles. The van der Waals surface area contributed by atoms with Crippen LogP contribution in [0.25, 0.3) is 0 Å². The maximum atomic E-state index is 12.5. The number of rotatable bonds is 1. The average molecular weight is 339 g/mol. The molecule has 0 bridgehead atoms. The van der Waals surface area contributed by atoms with E-state index in [9.17, 15) is 14.7 Å². The lowest BCUT2D eigenvalue weighted by Crippen LogP contribution is -2.47. The zero-order valence-electron chi connectivity index (χ0n) is 16.2. The van der Waals surface area contributed by atoms with Crippen LogP contribution in [-0.2, 0) is 9.53 Å². The lowest BCUT2D eigenvalue weighted by Gasteiger charge is -2.52. The third-order valence-corrected chi connectivity index (χ3v) is 5.22. The van der Waals surface area contributed by atoms with Crippen molar-refractivity contribution in [2.24, 2.45) is 22.2 Å². The molecule has 2 rings (SSSR count). The summed E-state index contributed by atoms with van der Waals surface area (Å²) < 4.78 is 5.48. The molecule has 1 heterocycles. The van der Waals surface area contributed by atoms with Crippen LogP contribution in [0, 0.1) is 22.2 Å². The van der Waals surface area contributed by atoms with Gasteiger partial charge in [0.2, 0.25) is 0 Å². The molecule has 2 fully saturated rings. The van der Waals surface area contributed by atoms with Gasteiger partial charge in [-0.15, -0.1) is 0 Å². The van der Waals surface area contributed by atoms with Crippen molar-refractivity contribution >= 4 is 12.1 Å². The molecule has 5 heteroatoms. The summed E-state index contributed by atoms with van der Waals surface area (Å²) in [5.41, 5.74) is -0.802. The predicted molar refractivity (Wildman–Crippen MR) is 92.8 cm³/mol. The first-order valence-electron chi connectivity index (χ1n) is 8.86. The van der Waals surface area contributed by atoms with Crippen LogP contribution in [0.2, 0.25) is 0 Å². The second kappa shape index (κ2) is 5.63. The summed E-state index contributed by atoms with van der Waals surface area (Å²) in [5, 5.41) is 9.82. The van der Waals surface area contributed by atoms with Crippen molar-refractivity contribution < 1.29 is 19.4 Å². The van der Waals surface area contributed by atoms with E-state index in [1.54, 1.807) is 4.90 Å². The van der Waals surface area contributed by atoms with Crippen LogP contribution < -0.4 is 0 Å². The van der Waals surface area contributed by atoms with E-state index in [1.165, 1.54) is 0 Å². The lowest BCUT2D eigenvalue weighted by molar-refractivity contribution is -0.148. The van der Waals surface area contributed by atoms with Crippen molar-refractivity contribution in [2.45, 2.75) is 73.3 Å². The normalized spacial score (nSPS) is 28.0. The third-order valence-electron chi connectivity index (χ3n) is 5.22. The molecule has 0 aromatic rings. The summed E-state index contributed by atoms with van der Waals surface area (Å²) >= 11 is 0. The standard InChI is InChI=1S/C19H33NO4/c1-16(2,3)24-15(23)20-8-13(14(21)22)19(12-20)10-17(4,5)9-18(6,7)11-19/h13H,8-12H2,1-7H3,(H,21,22). The van der Waals surface area contributed by atoms with E-state index < -0.39 is 23.6 Å². The van der Waals surface area contributed by atoms with E-state index in [0.29, 0.717) is 6.54 Å². The van der Waals surface area contributed by atoms with Gasteiger partial charge < -0.3 is 14.7 Å². The summed E-state index contributed by atoms with van der Waals surface area (Å²) in [4.78, 5) is 26.1. The molecule has 1 saturated heterocycles. The number of carboxylic acids is 1. The van der Waals surface area contributed by atoms with E-state index in [-0.39, 0.29) is 22.8 Å². The van der Waals surface area contributed by atoms with Crippen molar-refractivity contribution in [3.63, 3.8) is 0 Å². The van der Waals surface area contributed by atoms with Gasteiger partial charge >= 0.3 is 12.1 Å². The minimum atomic E-state index is -0.797.